The number of benzene rings is 1. The summed E-state index contributed by atoms with van der Waals surface area (Å²) in [7, 11) is -0.346. The van der Waals surface area contributed by atoms with E-state index in [1.54, 1.807) is 0 Å². The molecular formula is C20H24NO4PS. The molecule has 1 aliphatic carbocycles. The largest absolute Gasteiger partial charge is 0.479 e. The molecule has 7 heteroatoms. The monoisotopic (exact) mass is 405 g/mol. The van der Waals surface area contributed by atoms with Crippen LogP contribution in [0.25, 0.3) is 10.9 Å². The molecule has 0 spiro atoms. The van der Waals surface area contributed by atoms with Crippen LogP contribution >= 0.6 is 20.2 Å². The summed E-state index contributed by atoms with van der Waals surface area (Å²) in [6.07, 6.45) is 4.77. The van der Waals surface area contributed by atoms with Crippen molar-refractivity contribution in [1.82, 2.24) is 4.98 Å². The highest BCUT2D eigenvalue weighted by Crippen LogP contribution is 2.40. The van der Waals surface area contributed by atoms with E-state index < -0.39 is 17.5 Å². The van der Waals surface area contributed by atoms with Gasteiger partial charge in [-0.1, -0.05) is 56.4 Å². The normalized spacial score (nSPS) is 19.0. The first-order chi connectivity index (χ1) is 13.0. The Hall–Kier alpha value is -1.49. The van der Waals surface area contributed by atoms with Crippen molar-refractivity contribution in [1.29, 1.82) is 0 Å². The molecular weight excluding hydrogens is 381 g/mol. The molecule has 1 aromatic carbocycles. The number of pyridine rings is 1. The molecule has 2 aromatic rings. The van der Waals surface area contributed by atoms with Gasteiger partial charge in [-0.25, -0.2) is 9.78 Å². The Morgan fingerprint density at radius 1 is 1.22 bits per heavy atom. The highest BCUT2D eigenvalue weighted by Gasteiger charge is 2.47. The predicted molar refractivity (Wildman–Crippen MR) is 108 cm³/mol. The molecule has 0 bridgehead atoms. The third-order valence-corrected chi connectivity index (χ3v) is 7.15. The predicted octanol–water partition coefficient (Wildman–Crippen LogP) is 4.63. The van der Waals surface area contributed by atoms with Crippen molar-refractivity contribution in [3.05, 3.63) is 36.4 Å². The smallest absolute Gasteiger partial charge is 0.336 e. The van der Waals surface area contributed by atoms with Crippen molar-refractivity contribution in [3.8, 4) is 0 Å². The van der Waals surface area contributed by atoms with Crippen LogP contribution < -0.4 is 0 Å². The minimum atomic E-state index is -1.98. The van der Waals surface area contributed by atoms with E-state index in [2.05, 4.69) is 4.98 Å². The molecule has 0 saturated heterocycles. The van der Waals surface area contributed by atoms with Gasteiger partial charge in [-0.15, -0.1) is 11.8 Å². The molecule has 2 atom stereocenters. The summed E-state index contributed by atoms with van der Waals surface area (Å²) in [6.45, 7) is 0. The number of hydrogen-bond acceptors (Lipinski definition) is 5. The Morgan fingerprint density at radius 3 is 2.67 bits per heavy atom. The van der Waals surface area contributed by atoms with Crippen molar-refractivity contribution in [2.24, 2.45) is 11.8 Å². The van der Waals surface area contributed by atoms with Crippen LogP contribution in [0.2, 0.25) is 0 Å². The molecule has 5 nitrogen and oxygen atoms in total. The van der Waals surface area contributed by atoms with E-state index in [0.29, 0.717) is 5.75 Å². The highest BCUT2D eigenvalue weighted by atomic mass is 32.2. The first kappa shape index (κ1) is 20.2. The van der Waals surface area contributed by atoms with Crippen molar-refractivity contribution in [2.45, 2.75) is 42.7 Å². The van der Waals surface area contributed by atoms with Gasteiger partial charge in [0.25, 0.3) is 0 Å². The zero-order valence-electron chi connectivity index (χ0n) is 15.1. The molecule has 0 aliphatic heterocycles. The van der Waals surface area contributed by atoms with Crippen molar-refractivity contribution in [3.63, 3.8) is 0 Å². The summed E-state index contributed by atoms with van der Waals surface area (Å²) in [5.74, 6) is -1.19. The summed E-state index contributed by atoms with van der Waals surface area (Å²) in [4.78, 5) is 16.5. The van der Waals surface area contributed by atoms with Gasteiger partial charge in [0.1, 0.15) is 0 Å². The SMILES string of the molecule is O=PCC(O)(C(=O)O)C(CSc1ccc2ccccc2n1)C1CCCCC1. The number of aliphatic carboxylic acids is 1. The first-order valence-electron chi connectivity index (χ1n) is 9.28. The van der Waals surface area contributed by atoms with E-state index in [9.17, 15) is 19.6 Å². The maximum atomic E-state index is 11.9. The van der Waals surface area contributed by atoms with Crippen LogP contribution in [0.3, 0.4) is 0 Å². The minimum Gasteiger partial charge on any atom is -0.479 e. The van der Waals surface area contributed by atoms with Gasteiger partial charge >= 0.3 is 5.97 Å². The molecule has 1 aromatic heterocycles. The number of carbonyl (C=O) groups is 1. The average Bonchev–Trinajstić information content (AvgIpc) is 2.69. The Balaban J connectivity index is 1.83. The van der Waals surface area contributed by atoms with Gasteiger partial charge in [-0.3, -0.25) is 4.57 Å². The fourth-order valence-corrected chi connectivity index (χ4v) is 5.74. The quantitative estimate of drug-likeness (QED) is 0.492. The van der Waals surface area contributed by atoms with Crippen LogP contribution in [0, 0.1) is 11.8 Å². The lowest BCUT2D eigenvalue weighted by Gasteiger charge is -2.38. The molecule has 1 fully saturated rings. The zero-order valence-corrected chi connectivity index (χ0v) is 16.8. The molecule has 2 unspecified atom stereocenters. The lowest BCUT2D eigenvalue weighted by molar-refractivity contribution is -0.163. The number of carboxylic acid groups (broad SMARTS) is 1. The summed E-state index contributed by atoms with van der Waals surface area (Å²) >= 11 is 1.47. The van der Waals surface area contributed by atoms with Gasteiger partial charge in [0.2, 0.25) is 0 Å². The second-order valence-corrected chi connectivity index (χ2v) is 8.79. The maximum Gasteiger partial charge on any atom is 0.336 e. The number of fused-ring (bicyclic) bond motifs is 1. The minimum absolute atomic E-state index is 0.120. The molecule has 2 N–H and O–H groups in total. The van der Waals surface area contributed by atoms with Crippen LogP contribution in [-0.4, -0.2) is 38.7 Å². The number of hydrogen-bond donors (Lipinski definition) is 2. The van der Waals surface area contributed by atoms with Crippen LogP contribution in [0.15, 0.2) is 41.4 Å². The summed E-state index contributed by atoms with van der Waals surface area (Å²) < 4.78 is 11.2. The van der Waals surface area contributed by atoms with E-state index in [-0.39, 0.29) is 20.5 Å². The van der Waals surface area contributed by atoms with E-state index in [4.69, 9.17) is 0 Å². The maximum absolute atomic E-state index is 11.9. The Morgan fingerprint density at radius 2 is 1.96 bits per heavy atom. The molecule has 1 heterocycles. The standard InChI is InChI=1S/C20H24NO4PS/c22-19(23)20(24,13-26-25)16(14-6-2-1-3-7-14)12-27-18-11-10-15-8-4-5-9-17(15)21-18/h4-5,8-11,14,16,24H,1-3,6-7,12-13H2,(H,22,23). The summed E-state index contributed by atoms with van der Waals surface area (Å²) in [6, 6.07) is 11.8. The van der Waals surface area contributed by atoms with Crippen LogP contribution in [0.1, 0.15) is 32.1 Å². The summed E-state index contributed by atoms with van der Waals surface area (Å²) in [5, 5.41) is 22.5. The fourth-order valence-electron chi connectivity index (χ4n) is 3.95. The second kappa shape index (κ2) is 9.13. The van der Waals surface area contributed by atoms with Gasteiger partial charge in [0, 0.05) is 17.1 Å². The number of thioether (sulfide) groups is 1. The third-order valence-electron chi connectivity index (χ3n) is 5.49. The molecule has 1 aliphatic rings. The molecule has 144 valence electrons. The fraction of sp³-hybridized carbons (Fsp3) is 0.500. The molecule has 1 saturated carbocycles. The van der Waals surface area contributed by atoms with Crippen molar-refractivity contribution >= 4 is 37.1 Å². The molecule has 3 rings (SSSR count). The highest BCUT2D eigenvalue weighted by molar-refractivity contribution is 7.99. The number of carboxylic acids is 1. The van der Waals surface area contributed by atoms with Crippen molar-refractivity contribution < 1.29 is 19.6 Å². The Labute approximate surface area is 164 Å². The number of nitrogens with zero attached hydrogens (tertiary/aromatic N) is 1. The van der Waals surface area contributed by atoms with E-state index in [0.717, 1.165) is 48.0 Å². The summed E-state index contributed by atoms with van der Waals surface area (Å²) in [5.41, 5.74) is -1.09. The van der Waals surface area contributed by atoms with Gasteiger partial charge in [-0.2, -0.15) is 0 Å². The molecule has 0 amide bonds. The number of para-hydroxylation sites is 1. The van der Waals surface area contributed by atoms with Gasteiger partial charge < -0.3 is 10.2 Å². The van der Waals surface area contributed by atoms with E-state index in [1.165, 1.54) is 11.8 Å². The van der Waals surface area contributed by atoms with E-state index >= 15 is 0 Å². The van der Waals surface area contributed by atoms with Gasteiger partial charge in [0.15, 0.2) is 14.1 Å². The first-order valence-corrected chi connectivity index (χ1v) is 11.3. The lowest BCUT2D eigenvalue weighted by Crippen LogP contribution is -2.52. The Kier molecular flexibility index (Phi) is 6.85. The van der Waals surface area contributed by atoms with Crippen molar-refractivity contribution in [2.75, 3.05) is 11.9 Å². The van der Waals surface area contributed by atoms with Crippen LogP contribution in [0.4, 0.5) is 0 Å². The Bertz CT molecular complexity index is 811. The van der Waals surface area contributed by atoms with Crippen LogP contribution in [-0.2, 0) is 9.36 Å². The molecule has 0 radical (unpaired) electrons. The van der Waals surface area contributed by atoms with Crippen LogP contribution in [0.5, 0.6) is 0 Å². The number of aliphatic hydroxyl groups is 1. The van der Waals surface area contributed by atoms with Gasteiger partial charge in [0.05, 0.1) is 16.7 Å². The van der Waals surface area contributed by atoms with E-state index in [1.807, 2.05) is 36.4 Å². The topological polar surface area (TPSA) is 87.5 Å². The molecule has 27 heavy (non-hydrogen) atoms. The lowest BCUT2D eigenvalue weighted by atomic mass is 9.73. The third kappa shape index (κ3) is 4.68. The average molecular weight is 405 g/mol. The second-order valence-electron chi connectivity index (χ2n) is 7.17. The van der Waals surface area contributed by atoms with Gasteiger partial charge in [-0.05, 0) is 18.1 Å². The number of rotatable bonds is 8. The number of aromatic nitrogens is 1. The zero-order chi connectivity index (χ0) is 19.3.